The zero-order valence-corrected chi connectivity index (χ0v) is 13.4. The highest BCUT2D eigenvalue weighted by Gasteiger charge is 2.30. The highest BCUT2D eigenvalue weighted by Crippen LogP contribution is 2.40. The first-order valence-corrected chi connectivity index (χ1v) is 8.21. The van der Waals surface area contributed by atoms with Crippen LogP contribution >= 0.6 is 15.9 Å². The number of halogens is 4. The summed E-state index contributed by atoms with van der Waals surface area (Å²) in [5, 5.41) is 0. The largest absolute Gasteiger partial charge is 0.411 e. The molecule has 0 bridgehead atoms. The molecular weight excluding hydrogens is 345 g/mol. The minimum absolute atomic E-state index is 0.174. The van der Waals surface area contributed by atoms with Crippen molar-refractivity contribution in [3.8, 4) is 0 Å². The van der Waals surface area contributed by atoms with Gasteiger partial charge in [-0.2, -0.15) is 13.2 Å². The Morgan fingerprint density at radius 2 is 1.86 bits per heavy atom. The molecule has 0 spiro atoms. The Bertz CT molecular complexity index is 421. The van der Waals surface area contributed by atoms with Crippen LogP contribution in [0.2, 0.25) is 0 Å². The average Bonchev–Trinajstić information content (AvgIpc) is 2.45. The van der Waals surface area contributed by atoms with E-state index in [1.807, 2.05) is 18.2 Å². The average molecular weight is 365 g/mol. The van der Waals surface area contributed by atoms with Crippen molar-refractivity contribution < 1.29 is 17.9 Å². The summed E-state index contributed by atoms with van der Waals surface area (Å²) in [5.74, 6) is 0.879. The van der Waals surface area contributed by atoms with Crippen LogP contribution in [-0.4, -0.2) is 24.2 Å². The molecule has 0 amide bonds. The number of hydrogen-bond donors (Lipinski definition) is 0. The first-order valence-electron chi connectivity index (χ1n) is 7.29. The Morgan fingerprint density at radius 1 is 1.14 bits per heavy atom. The lowest BCUT2D eigenvalue weighted by Crippen LogP contribution is -2.26. The van der Waals surface area contributed by atoms with Crippen molar-refractivity contribution in [2.24, 2.45) is 5.92 Å². The third-order valence-electron chi connectivity index (χ3n) is 4.06. The number of ether oxygens (including phenoxy) is 1. The molecule has 0 N–H and O–H groups in total. The van der Waals surface area contributed by atoms with Crippen LogP contribution in [0, 0.1) is 5.92 Å². The summed E-state index contributed by atoms with van der Waals surface area (Å²) >= 11 is 3.67. The van der Waals surface area contributed by atoms with E-state index in [0.717, 1.165) is 19.3 Å². The molecule has 0 heterocycles. The quantitative estimate of drug-likeness (QED) is 0.508. The Labute approximate surface area is 132 Å². The smallest absolute Gasteiger partial charge is 0.372 e. The van der Waals surface area contributed by atoms with Gasteiger partial charge in [0.25, 0.3) is 0 Å². The van der Waals surface area contributed by atoms with E-state index in [9.17, 15) is 13.2 Å². The standard InChI is InChI=1S/C16H20BrF3O/c17-15-7-6-13(12-4-2-1-3-5-12)10-14(15)8-9-21-11-16(18,19)20/h1-5,13-15H,6-11H2. The molecule has 0 aliphatic heterocycles. The Kier molecular flexibility index (Phi) is 6.11. The maximum absolute atomic E-state index is 12.0. The fourth-order valence-electron chi connectivity index (χ4n) is 2.98. The van der Waals surface area contributed by atoms with E-state index < -0.39 is 12.8 Å². The lowest BCUT2D eigenvalue weighted by Gasteiger charge is -2.33. The van der Waals surface area contributed by atoms with Gasteiger partial charge in [-0.25, -0.2) is 0 Å². The molecule has 1 saturated carbocycles. The number of alkyl halides is 4. The lowest BCUT2D eigenvalue weighted by atomic mass is 9.77. The van der Waals surface area contributed by atoms with Gasteiger partial charge in [0.1, 0.15) is 6.61 Å². The molecule has 1 fully saturated rings. The van der Waals surface area contributed by atoms with Gasteiger partial charge in [-0.05, 0) is 43.1 Å². The van der Waals surface area contributed by atoms with E-state index in [2.05, 4.69) is 28.1 Å². The molecule has 2 rings (SSSR count). The van der Waals surface area contributed by atoms with Gasteiger partial charge in [-0.3, -0.25) is 0 Å². The molecule has 21 heavy (non-hydrogen) atoms. The Hall–Kier alpha value is -0.550. The van der Waals surface area contributed by atoms with Crippen molar-refractivity contribution in [2.75, 3.05) is 13.2 Å². The number of benzene rings is 1. The van der Waals surface area contributed by atoms with Gasteiger partial charge in [0, 0.05) is 11.4 Å². The Morgan fingerprint density at radius 3 is 2.52 bits per heavy atom. The van der Waals surface area contributed by atoms with Crippen molar-refractivity contribution in [3.63, 3.8) is 0 Å². The predicted molar refractivity (Wildman–Crippen MR) is 80.7 cm³/mol. The van der Waals surface area contributed by atoms with E-state index in [1.165, 1.54) is 5.56 Å². The Balaban J connectivity index is 1.81. The van der Waals surface area contributed by atoms with Crippen LogP contribution < -0.4 is 0 Å². The zero-order chi connectivity index (χ0) is 15.3. The molecule has 3 atom stereocenters. The maximum atomic E-state index is 12.0. The molecular formula is C16H20BrF3O. The number of hydrogen-bond acceptors (Lipinski definition) is 1. The van der Waals surface area contributed by atoms with Crippen molar-refractivity contribution in [2.45, 2.75) is 42.6 Å². The van der Waals surface area contributed by atoms with E-state index >= 15 is 0 Å². The van der Waals surface area contributed by atoms with Gasteiger partial charge < -0.3 is 4.74 Å². The second kappa shape index (κ2) is 7.63. The molecule has 1 nitrogen and oxygen atoms in total. The van der Waals surface area contributed by atoms with E-state index in [4.69, 9.17) is 4.74 Å². The van der Waals surface area contributed by atoms with Crippen LogP contribution in [0.1, 0.15) is 37.2 Å². The second-order valence-electron chi connectivity index (χ2n) is 5.65. The van der Waals surface area contributed by atoms with Crippen molar-refractivity contribution in [3.05, 3.63) is 35.9 Å². The van der Waals surface area contributed by atoms with Crippen molar-refractivity contribution >= 4 is 15.9 Å². The molecule has 3 unspecified atom stereocenters. The van der Waals surface area contributed by atoms with Gasteiger partial charge in [-0.1, -0.05) is 46.3 Å². The summed E-state index contributed by atoms with van der Waals surface area (Å²) in [6, 6.07) is 10.4. The van der Waals surface area contributed by atoms with Crippen molar-refractivity contribution in [1.82, 2.24) is 0 Å². The van der Waals surface area contributed by atoms with Crippen molar-refractivity contribution in [1.29, 1.82) is 0 Å². The van der Waals surface area contributed by atoms with Gasteiger partial charge in [0.2, 0.25) is 0 Å². The first kappa shape index (κ1) is 16.8. The fourth-order valence-corrected chi connectivity index (χ4v) is 3.72. The van der Waals surface area contributed by atoms with Gasteiger partial charge in [0.05, 0.1) is 0 Å². The highest BCUT2D eigenvalue weighted by molar-refractivity contribution is 9.09. The molecule has 118 valence electrons. The normalized spacial score (nSPS) is 26.8. The summed E-state index contributed by atoms with van der Waals surface area (Å²) in [6.07, 6.45) is -0.360. The molecule has 1 aromatic carbocycles. The molecule has 1 aliphatic carbocycles. The minimum Gasteiger partial charge on any atom is -0.372 e. The molecule has 1 aliphatic rings. The van der Waals surface area contributed by atoms with Crippen LogP contribution in [-0.2, 0) is 4.74 Å². The zero-order valence-electron chi connectivity index (χ0n) is 11.8. The summed E-state index contributed by atoms with van der Waals surface area (Å²) in [6.45, 7) is -0.970. The summed E-state index contributed by atoms with van der Waals surface area (Å²) in [5.41, 5.74) is 1.33. The molecule has 0 radical (unpaired) electrons. The fraction of sp³-hybridized carbons (Fsp3) is 0.625. The monoisotopic (exact) mass is 364 g/mol. The lowest BCUT2D eigenvalue weighted by molar-refractivity contribution is -0.174. The maximum Gasteiger partial charge on any atom is 0.411 e. The van der Waals surface area contributed by atoms with Crippen LogP contribution in [0.15, 0.2) is 30.3 Å². The topological polar surface area (TPSA) is 9.23 Å². The van der Waals surface area contributed by atoms with Gasteiger partial charge in [-0.15, -0.1) is 0 Å². The molecule has 0 aromatic heterocycles. The summed E-state index contributed by atoms with van der Waals surface area (Å²) in [4.78, 5) is 0.381. The summed E-state index contributed by atoms with van der Waals surface area (Å²) in [7, 11) is 0. The van der Waals surface area contributed by atoms with Crippen LogP contribution in [0.3, 0.4) is 0 Å². The van der Waals surface area contributed by atoms with E-state index in [-0.39, 0.29) is 6.61 Å². The summed E-state index contributed by atoms with van der Waals surface area (Å²) < 4.78 is 40.9. The van der Waals surface area contributed by atoms with Crippen LogP contribution in [0.5, 0.6) is 0 Å². The van der Waals surface area contributed by atoms with Crippen LogP contribution in [0.4, 0.5) is 13.2 Å². The third kappa shape index (κ3) is 5.62. The van der Waals surface area contributed by atoms with Gasteiger partial charge >= 0.3 is 6.18 Å². The van der Waals surface area contributed by atoms with Gasteiger partial charge in [0.15, 0.2) is 0 Å². The molecule has 1 aromatic rings. The SMILES string of the molecule is FC(F)(F)COCCC1CC(c2ccccc2)CCC1Br. The number of rotatable bonds is 5. The predicted octanol–water partition coefficient (Wildman–Crippen LogP) is 5.30. The minimum atomic E-state index is -4.23. The van der Waals surface area contributed by atoms with Crippen LogP contribution in [0.25, 0.3) is 0 Å². The highest BCUT2D eigenvalue weighted by atomic mass is 79.9. The molecule has 5 heteroatoms. The first-order chi connectivity index (χ1) is 9.96. The molecule has 0 saturated heterocycles. The van der Waals surface area contributed by atoms with E-state index in [0.29, 0.717) is 23.1 Å². The second-order valence-corrected chi connectivity index (χ2v) is 6.83. The van der Waals surface area contributed by atoms with E-state index in [1.54, 1.807) is 0 Å². The third-order valence-corrected chi connectivity index (χ3v) is 5.26.